The number of fused-ring (bicyclic) bond motifs is 1. The van der Waals surface area contributed by atoms with Crippen LogP contribution in [0.4, 0.5) is 0 Å². The number of carbonyl (C=O) groups is 3. The van der Waals surface area contributed by atoms with Gasteiger partial charge in [0.25, 0.3) is 0 Å². The van der Waals surface area contributed by atoms with Crippen molar-refractivity contribution < 1.29 is 19.5 Å². The Morgan fingerprint density at radius 1 is 1.23 bits per heavy atom. The van der Waals surface area contributed by atoms with E-state index in [0.29, 0.717) is 32.2 Å². The van der Waals surface area contributed by atoms with E-state index in [4.69, 9.17) is 0 Å². The molecule has 1 aromatic rings. The fraction of sp³-hybridized carbons (Fsp3) is 0.550. The van der Waals surface area contributed by atoms with Crippen molar-refractivity contribution in [2.75, 3.05) is 6.54 Å². The van der Waals surface area contributed by atoms with Gasteiger partial charge in [-0.25, -0.2) is 0 Å². The van der Waals surface area contributed by atoms with E-state index in [9.17, 15) is 19.5 Å². The molecule has 140 valence electrons. The molecule has 1 aliphatic carbocycles. The Labute approximate surface area is 153 Å². The molecule has 1 saturated carbocycles. The maximum Gasteiger partial charge on any atom is 0.311 e. The first-order chi connectivity index (χ1) is 12.3. The van der Waals surface area contributed by atoms with Crippen molar-refractivity contribution in [3.63, 3.8) is 0 Å². The van der Waals surface area contributed by atoms with Gasteiger partial charge in [0.15, 0.2) is 0 Å². The molecular formula is C20H26N2O4. The maximum atomic E-state index is 12.8. The van der Waals surface area contributed by atoms with Crippen molar-refractivity contribution in [3.8, 4) is 0 Å². The SMILES string of the molecule is CC(C)CC(=O)N1Cc2ccccc2CC1C(=O)NCC1(C(=O)O)CC1. The minimum Gasteiger partial charge on any atom is -0.481 e. The highest BCUT2D eigenvalue weighted by Gasteiger charge is 2.50. The number of carbonyl (C=O) groups excluding carboxylic acids is 2. The largest absolute Gasteiger partial charge is 0.481 e. The summed E-state index contributed by atoms with van der Waals surface area (Å²) in [6.07, 6.45) is 2.04. The Kier molecular flexibility index (Phi) is 5.03. The summed E-state index contributed by atoms with van der Waals surface area (Å²) in [7, 11) is 0. The molecule has 0 bridgehead atoms. The molecule has 0 radical (unpaired) electrons. The van der Waals surface area contributed by atoms with Crippen LogP contribution >= 0.6 is 0 Å². The standard InChI is InChI=1S/C20H26N2O4/c1-13(2)9-17(23)22-11-15-6-4-3-5-14(15)10-16(22)18(24)21-12-20(7-8-20)19(25)26/h3-6,13,16H,7-12H2,1-2H3,(H,21,24)(H,25,26). The Bertz CT molecular complexity index is 724. The molecule has 0 spiro atoms. The second-order valence-corrected chi connectivity index (χ2v) is 7.91. The molecule has 1 atom stereocenters. The number of aliphatic carboxylic acids is 1. The summed E-state index contributed by atoms with van der Waals surface area (Å²) >= 11 is 0. The van der Waals surface area contributed by atoms with Crippen molar-refractivity contribution in [2.45, 2.75) is 52.1 Å². The highest BCUT2D eigenvalue weighted by molar-refractivity contribution is 5.89. The van der Waals surface area contributed by atoms with Crippen LogP contribution in [0, 0.1) is 11.3 Å². The molecular weight excluding hydrogens is 332 g/mol. The number of nitrogens with one attached hydrogen (secondary N) is 1. The van der Waals surface area contributed by atoms with E-state index < -0.39 is 17.4 Å². The highest BCUT2D eigenvalue weighted by Crippen LogP contribution is 2.45. The number of benzene rings is 1. The molecule has 6 heteroatoms. The number of hydrogen-bond acceptors (Lipinski definition) is 3. The van der Waals surface area contributed by atoms with Crippen molar-refractivity contribution in [1.82, 2.24) is 10.2 Å². The fourth-order valence-corrected chi connectivity index (χ4v) is 3.48. The van der Waals surface area contributed by atoms with Crippen molar-refractivity contribution in [3.05, 3.63) is 35.4 Å². The van der Waals surface area contributed by atoms with Gasteiger partial charge < -0.3 is 15.3 Å². The minimum absolute atomic E-state index is 0.0333. The summed E-state index contributed by atoms with van der Waals surface area (Å²) < 4.78 is 0. The van der Waals surface area contributed by atoms with Crippen LogP contribution < -0.4 is 5.32 Å². The van der Waals surface area contributed by atoms with Gasteiger partial charge in [-0.1, -0.05) is 38.1 Å². The molecule has 1 aromatic carbocycles. The molecule has 0 saturated heterocycles. The molecule has 0 aromatic heterocycles. The van der Waals surface area contributed by atoms with Gasteiger partial charge in [0.1, 0.15) is 6.04 Å². The summed E-state index contributed by atoms with van der Waals surface area (Å²) in [5.74, 6) is -0.942. The molecule has 26 heavy (non-hydrogen) atoms. The van der Waals surface area contributed by atoms with E-state index in [1.54, 1.807) is 4.90 Å². The summed E-state index contributed by atoms with van der Waals surface area (Å²) in [5.41, 5.74) is 1.33. The Balaban J connectivity index is 1.76. The molecule has 3 rings (SSSR count). The van der Waals surface area contributed by atoms with Crippen LogP contribution in [0.3, 0.4) is 0 Å². The van der Waals surface area contributed by atoms with Crippen LogP contribution in [-0.4, -0.2) is 40.4 Å². The molecule has 1 unspecified atom stereocenters. The van der Waals surface area contributed by atoms with Crippen LogP contribution in [0.15, 0.2) is 24.3 Å². The average molecular weight is 358 g/mol. The van der Waals surface area contributed by atoms with Gasteiger partial charge in [0, 0.05) is 25.9 Å². The lowest BCUT2D eigenvalue weighted by molar-refractivity contribution is -0.145. The number of nitrogens with zero attached hydrogens (tertiary/aromatic N) is 1. The number of rotatable bonds is 6. The normalized spacial score (nSPS) is 20.4. The second-order valence-electron chi connectivity index (χ2n) is 7.91. The third-order valence-corrected chi connectivity index (χ3v) is 5.36. The molecule has 2 N–H and O–H groups in total. The molecule has 1 fully saturated rings. The van der Waals surface area contributed by atoms with E-state index in [2.05, 4.69) is 5.32 Å². The third-order valence-electron chi connectivity index (χ3n) is 5.36. The molecule has 2 aliphatic rings. The van der Waals surface area contributed by atoms with E-state index in [1.165, 1.54) is 0 Å². The van der Waals surface area contributed by atoms with Crippen molar-refractivity contribution in [2.24, 2.45) is 11.3 Å². The Morgan fingerprint density at radius 3 is 2.46 bits per heavy atom. The van der Waals surface area contributed by atoms with Gasteiger partial charge in [0.2, 0.25) is 11.8 Å². The molecule has 1 aliphatic heterocycles. The first-order valence-corrected chi connectivity index (χ1v) is 9.20. The summed E-state index contributed by atoms with van der Waals surface area (Å²) in [6.45, 7) is 4.51. The van der Waals surface area contributed by atoms with Gasteiger partial charge in [0.05, 0.1) is 5.41 Å². The fourth-order valence-electron chi connectivity index (χ4n) is 3.48. The van der Waals surface area contributed by atoms with Gasteiger partial charge >= 0.3 is 5.97 Å². The van der Waals surface area contributed by atoms with E-state index in [-0.39, 0.29) is 24.3 Å². The number of hydrogen-bond donors (Lipinski definition) is 2. The van der Waals surface area contributed by atoms with Crippen molar-refractivity contribution >= 4 is 17.8 Å². The van der Waals surface area contributed by atoms with Gasteiger partial charge in [-0.3, -0.25) is 14.4 Å². The van der Waals surface area contributed by atoms with Crippen LogP contribution in [0.25, 0.3) is 0 Å². The van der Waals surface area contributed by atoms with Gasteiger partial charge in [-0.15, -0.1) is 0 Å². The van der Waals surface area contributed by atoms with Crippen LogP contribution in [0.5, 0.6) is 0 Å². The number of carboxylic acid groups (broad SMARTS) is 1. The number of carboxylic acids is 1. The van der Waals surface area contributed by atoms with Crippen molar-refractivity contribution in [1.29, 1.82) is 0 Å². The average Bonchev–Trinajstić information content (AvgIpc) is 3.39. The van der Waals surface area contributed by atoms with Gasteiger partial charge in [-0.2, -0.15) is 0 Å². The third kappa shape index (κ3) is 3.74. The lowest BCUT2D eigenvalue weighted by Gasteiger charge is -2.36. The molecule has 1 heterocycles. The first kappa shape index (κ1) is 18.4. The summed E-state index contributed by atoms with van der Waals surface area (Å²) in [5, 5.41) is 12.1. The predicted molar refractivity (Wildman–Crippen MR) is 96.3 cm³/mol. The van der Waals surface area contributed by atoms with Gasteiger partial charge in [-0.05, 0) is 29.9 Å². The second kappa shape index (κ2) is 7.09. The summed E-state index contributed by atoms with van der Waals surface area (Å²) in [4.78, 5) is 38.5. The summed E-state index contributed by atoms with van der Waals surface area (Å²) in [6, 6.07) is 7.26. The first-order valence-electron chi connectivity index (χ1n) is 9.20. The number of amides is 2. The molecule has 6 nitrogen and oxygen atoms in total. The lowest BCUT2D eigenvalue weighted by atomic mass is 9.92. The zero-order chi connectivity index (χ0) is 18.9. The van der Waals surface area contributed by atoms with E-state index >= 15 is 0 Å². The quantitative estimate of drug-likeness (QED) is 0.814. The topological polar surface area (TPSA) is 86.7 Å². The van der Waals surface area contributed by atoms with E-state index in [0.717, 1.165) is 11.1 Å². The predicted octanol–water partition coefficient (Wildman–Crippen LogP) is 1.97. The molecule has 2 amide bonds. The minimum atomic E-state index is -0.862. The van der Waals surface area contributed by atoms with E-state index in [1.807, 2.05) is 38.1 Å². The monoisotopic (exact) mass is 358 g/mol. The Morgan fingerprint density at radius 2 is 1.88 bits per heavy atom. The zero-order valence-corrected chi connectivity index (χ0v) is 15.3. The maximum absolute atomic E-state index is 12.8. The van der Waals surface area contributed by atoms with Crippen LogP contribution in [-0.2, 0) is 27.3 Å². The smallest absolute Gasteiger partial charge is 0.311 e. The zero-order valence-electron chi connectivity index (χ0n) is 15.3. The van der Waals surface area contributed by atoms with Crippen LogP contribution in [0.2, 0.25) is 0 Å². The highest BCUT2D eigenvalue weighted by atomic mass is 16.4. The van der Waals surface area contributed by atoms with Crippen LogP contribution in [0.1, 0.15) is 44.2 Å². The lowest BCUT2D eigenvalue weighted by Crippen LogP contribution is -2.53. The Hall–Kier alpha value is -2.37.